The molecule has 0 bridgehead atoms. The van der Waals surface area contributed by atoms with E-state index in [0.29, 0.717) is 5.82 Å². The van der Waals surface area contributed by atoms with E-state index in [1.807, 2.05) is 32.0 Å². The molecular formula is C13H17N5O. The van der Waals surface area contributed by atoms with Gasteiger partial charge in [-0.05, 0) is 31.5 Å². The normalized spacial score (nSPS) is 11.9. The molecule has 0 fully saturated rings. The number of urea groups is 1. The fourth-order valence-corrected chi connectivity index (χ4v) is 1.81. The minimum absolute atomic E-state index is 0.0858. The summed E-state index contributed by atoms with van der Waals surface area (Å²) in [5.74, 6) is 0.664. The second-order valence-electron chi connectivity index (χ2n) is 4.40. The zero-order valence-electron chi connectivity index (χ0n) is 11.2. The van der Waals surface area contributed by atoms with Gasteiger partial charge in [0.25, 0.3) is 0 Å². The zero-order chi connectivity index (χ0) is 13.8. The van der Waals surface area contributed by atoms with Gasteiger partial charge in [0.15, 0.2) is 0 Å². The van der Waals surface area contributed by atoms with Crippen molar-refractivity contribution >= 4 is 11.8 Å². The van der Waals surface area contributed by atoms with Gasteiger partial charge < -0.3 is 5.32 Å². The first-order valence-corrected chi connectivity index (χ1v) is 6.04. The fourth-order valence-electron chi connectivity index (χ4n) is 1.81. The Bertz CT molecular complexity index is 564. The largest absolute Gasteiger partial charge is 0.331 e. The third kappa shape index (κ3) is 3.31. The summed E-state index contributed by atoms with van der Waals surface area (Å²) in [4.78, 5) is 15.8. The molecule has 0 aliphatic heterocycles. The van der Waals surface area contributed by atoms with Gasteiger partial charge in [0.05, 0.1) is 11.7 Å². The van der Waals surface area contributed by atoms with E-state index in [1.165, 1.54) is 0 Å². The number of anilines is 1. The zero-order valence-corrected chi connectivity index (χ0v) is 11.2. The molecule has 0 aliphatic rings. The molecule has 6 heteroatoms. The van der Waals surface area contributed by atoms with Crippen molar-refractivity contribution in [2.75, 3.05) is 5.32 Å². The van der Waals surface area contributed by atoms with Gasteiger partial charge in [-0.25, -0.2) is 4.79 Å². The lowest BCUT2D eigenvalue weighted by molar-refractivity contribution is 0.249. The Morgan fingerprint density at radius 3 is 2.63 bits per heavy atom. The highest BCUT2D eigenvalue weighted by atomic mass is 16.2. The average molecular weight is 259 g/mol. The molecule has 0 saturated carbocycles. The molecule has 1 atom stereocenters. The summed E-state index contributed by atoms with van der Waals surface area (Å²) in [5, 5.41) is 9.80. The second kappa shape index (κ2) is 5.51. The van der Waals surface area contributed by atoms with E-state index in [-0.39, 0.29) is 12.1 Å². The molecule has 19 heavy (non-hydrogen) atoms. The highest BCUT2D eigenvalue weighted by molar-refractivity contribution is 5.88. The molecule has 2 heterocycles. The third-order valence-electron chi connectivity index (χ3n) is 2.80. The molecule has 0 saturated heterocycles. The van der Waals surface area contributed by atoms with Crippen LogP contribution in [0, 0.1) is 6.92 Å². The topological polar surface area (TPSA) is 71.8 Å². The van der Waals surface area contributed by atoms with Gasteiger partial charge in [-0.3, -0.25) is 15.0 Å². The fraction of sp³-hybridized carbons (Fsp3) is 0.308. The van der Waals surface area contributed by atoms with Crippen LogP contribution in [0.5, 0.6) is 0 Å². The number of hydrogen-bond acceptors (Lipinski definition) is 3. The Hall–Kier alpha value is -2.37. The van der Waals surface area contributed by atoms with Crippen molar-refractivity contribution in [3.63, 3.8) is 0 Å². The molecule has 0 aliphatic carbocycles. The number of aryl methyl sites for hydroxylation is 2. The summed E-state index contributed by atoms with van der Waals surface area (Å²) in [6, 6.07) is 5.22. The van der Waals surface area contributed by atoms with E-state index in [0.717, 1.165) is 11.3 Å². The predicted molar refractivity (Wildman–Crippen MR) is 72.8 cm³/mol. The lowest BCUT2D eigenvalue weighted by atomic mass is 10.1. The smallest absolute Gasteiger partial charge is 0.320 e. The first-order valence-electron chi connectivity index (χ1n) is 6.04. The van der Waals surface area contributed by atoms with Crippen molar-refractivity contribution < 1.29 is 4.79 Å². The molecule has 0 radical (unpaired) electrons. The molecule has 0 aromatic carbocycles. The van der Waals surface area contributed by atoms with E-state index in [9.17, 15) is 4.79 Å². The van der Waals surface area contributed by atoms with Crippen LogP contribution in [0.15, 0.2) is 30.6 Å². The molecule has 2 aromatic heterocycles. The number of aromatic nitrogens is 3. The van der Waals surface area contributed by atoms with Crippen LogP contribution >= 0.6 is 0 Å². The lowest BCUT2D eigenvalue weighted by Crippen LogP contribution is -2.31. The van der Waals surface area contributed by atoms with Crippen molar-refractivity contribution in [3.05, 3.63) is 41.9 Å². The van der Waals surface area contributed by atoms with Gasteiger partial charge in [-0.1, -0.05) is 0 Å². The van der Waals surface area contributed by atoms with E-state index < -0.39 is 0 Å². The maximum Gasteiger partial charge on any atom is 0.320 e. The molecule has 0 unspecified atom stereocenters. The van der Waals surface area contributed by atoms with Gasteiger partial charge in [0, 0.05) is 25.5 Å². The third-order valence-corrected chi connectivity index (χ3v) is 2.80. The Balaban J connectivity index is 1.96. The molecule has 2 rings (SSSR count). The Kier molecular flexibility index (Phi) is 3.79. The first-order chi connectivity index (χ1) is 9.06. The van der Waals surface area contributed by atoms with Crippen LogP contribution in [0.2, 0.25) is 0 Å². The standard InChI is InChI=1S/C13H17N5O/c1-9-8-12(18(3)17-9)16-13(19)15-10(2)11-4-6-14-7-5-11/h4-8,10H,1-3H3,(H2,15,16,19)/t10-/m0/s1. The monoisotopic (exact) mass is 259 g/mol. The molecule has 2 N–H and O–H groups in total. The highest BCUT2D eigenvalue weighted by Gasteiger charge is 2.11. The molecule has 100 valence electrons. The summed E-state index contributed by atoms with van der Waals surface area (Å²) >= 11 is 0. The summed E-state index contributed by atoms with van der Waals surface area (Å²) in [6.45, 7) is 3.80. The maximum absolute atomic E-state index is 11.9. The number of pyridine rings is 1. The number of nitrogens with zero attached hydrogens (tertiary/aromatic N) is 3. The van der Waals surface area contributed by atoms with E-state index in [2.05, 4.69) is 20.7 Å². The van der Waals surface area contributed by atoms with Gasteiger partial charge >= 0.3 is 6.03 Å². The summed E-state index contributed by atoms with van der Waals surface area (Å²) in [6.07, 6.45) is 3.41. The number of nitrogens with one attached hydrogen (secondary N) is 2. The van der Waals surface area contributed by atoms with Crippen LogP contribution in [0.25, 0.3) is 0 Å². The number of carbonyl (C=O) groups is 1. The second-order valence-corrected chi connectivity index (χ2v) is 4.40. The number of rotatable bonds is 3. The van der Waals surface area contributed by atoms with Crippen LogP contribution < -0.4 is 10.6 Å². The SMILES string of the molecule is Cc1cc(NC(=O)N[C@@H](C)c2ccncc2)n(C)n1. The molecule has 2 aromatic rings. The summed E-state index contributed by atoms with van der Waals surface area (Å²) in [5.41, 5.74) is 1.87. The summed E-state index contributed by atoms with van der Waals surface area (Å²) < 4.78 is 1.63. The Morgan fingerprint density at radius 2 is 2.05 bits per heavy atom. The van der Waals surface area contributed by atoms with E-state index >= 15 is 0 Å². The quantitative estimate of drug-likeness (QED) is 0.885. The molecular weight excluding hydrogens is 242 g/mol. The van der Waals surface area contributed by atoms with Crippen molar-refractivity contribution in [1.82, 2.24) is 20.1 Å². The van der Waals surface area contributed by atoms with E-state index in [1.54, 1.807) is 24.1 Å². The van der Waals surface area contributed by atoms with Crippen LogP contribution in [-0.4, -0.2) is 20.8 Å². The van der Waals surface area contributed by atoms with Gasteiger partial charge in [0.2, 0.25) is 0 Å². The number of hydrogen-bond donors (Lipinski definition) is 2. The Labute approximate surface area is 111 Å². The number of amides is 2. The van der Waals surface area contributed by atoms with Crippen LogP contribution in [0.1, 0.15) is 24.2 Å². The minimum Gasteiger partial charge on any atom is -0.331 e. The number of carbonyl (C=O) groups excluding carboxylic acids is 1. The first kappa shape index (κ1) is 13.1. The maximum atomic E-state index is 11.9. The lowest BCUT2D eigenvalue weighted by Gasteiger charge is -2.14. The Morgan fingerprint density at radius 1 is 1.37 bits per heavy atom. The van der Waals surface area contributed by atoms with Crippen molar-refractivity contribution in [1.29, 1.82) is 0 Å². The predicted octanol–water partition coefficient (Wildman–Crippen LogP) is 2.01. The minimum atomic E-state index is -0.257. The molecule has 6 nitrogen and oxygen atoms in total. The van der Waals surface area contributed by atoms with Gasteiger partial charge in [0.1, 0.15) is 5.82 Å². The van der Waals surface area contributed by atoms with Gasteiger partial charge in [-0.15, -0.1) is 0 Å². The van der Waals surface area contributed by atoms with Crippen LogP contribution in [0.4, 0.5) is 10.6 Å². The van der Waals surface area contributed by atoms with Crippen molar-refractivity contribution in [3.8, 4) is 0 Å². The molecule has 0 spiro atoms. The van der Waals surface area contributed by atoms with Crippen LogP contribution in [-0.2, 0) is 7.05 Å². The molecule has 2 amide bonds. The van der Waals surface area contributed by atoms with Crippen molar-refractivity contribution in [2.45, 2.75) is 19.9 Å². The average Bonchev–Trinajstić information content (AvgIpc) is 2.68. The van der Waals surface area contributed by atoms with Crippen molar-refractivity contribution in [2.24, 2.45) is 7.05 Å². The summed E-state index contributed by atoms with van der Waals surface area (Å²) in [7, 11) is 1.79. The van der Waals surface area contributed by atoms with Gasteiger partial charge in [-0.2, -0.15) is 5.10 Å². The van der Waals surface area contributed by atoms with E-state index in [4.69, 9.17) is 0 Å². The highest BCUT2D eigenvalue weighted by Crippen LogP contribution is 2.11. The van der Waals surface area contributed by atoms with Crippen LogP contribution in [0.3, 0.4) is 0 Å².